The first kappa shape index (κ1) is 30.3. The van der Waals surface area contributed by atoms with E-state index in [1.807, 2.05) is 44.2 Å². The van der Waals surface area contributed by atoms with E-state index in [-0.39, 0.29) is 49.1 Å². The highest BCUT2D eigenvalue weighted by Gasteiger charge is 2.43. The molecule has 0 bridgehead atoms. The molecule has 0 spiro atoms. The lowest BCUT2D eigenvalue weighted by molar-refractivity contribution is -0.172. The summed E-state index contributed by atoms with van der Waals surface area (Å²) in [5.74, 6) is 0.566. The van der Waals surface area contributed by atoms with Crippen LogP contribution in [0, 0.1) is 11.8 Å². The molecular weight excluding hydrogens is 536 g/mol. The molecule has 4 rings (SSSR count). The third-order valence-corrected chi connectivity index (χ3v) is 9.39. The van der Waals surface area contributed by atoms with E-state index in [4.69, 9.17) is 14.2 Å². The van der Waals surface area contributed by atoms with Crippen molar-refractivity contribution in [2.24, 2.45) is 11.8 Å². The second-order valence-electron chi connectivity index (χ2n) is 10.9. The van der Waals surface area contributed by atoms with E-state index >= 15 is 0 Å². The van der Waals surface area contributed by atoms with Crippen molar-refractivity contribution in [1.29, 1.82) is 0 Å². The van der Waals surface area contributed by atoms with E-state index in [1.165, 1.54) is 28.4 Å². The molecule has 10 nitrogen and oxygen atoms in total. The Balaban J connectivity index is 1.64. The quantitative estimate of drug-likeness (QED) is 0.394. The number of hydrogen-bond acceptors (Lipinski definition) is 7. The monoisotopic (exact) mass is 576 g/mol. The second kappa shape index (κ2) is 13.3. The van der Waals surface area contributed by atoms with Gasteiger partial charge in [-0.25, -0.2) is 13.2 Å². The minimum atomic E-state index is -3.99. The number of methoxy groups -OCH3 is 1. The van der Waals surface area contributed by atoms with Crippen LogP contribution in [-0.2, 0) is 25.9 Å². The van der Waals surface area contributed by atoms with Gasteiger partial charge in [0.05, 0.1) is 43.4 Å². The van der Waals surface area contributed by atoms with Crippen molar-refractivity contribution in [1.82, 2.24) is 9.21 Å². The number of sulfonamides is 1. The third kappa shape index (κ3) is 7.13. The van der Waals surface area contributed by atoms with Crippen molar-refractivity contribution >= 4 is 16.1 Å². The molecule has 0 unspecified atom stereocenters. The predicted molar refractivity (Wildman–Crippen MR) is 149 cm³/mol. The van der Waals surface area contributed by atoms with Crippen molar-refractivity contribution in [2.45, 2.75) is 62.5 Å². The van der Waals surface area contributed by atoms with Crippen LogP contribution >= 0.6 is 0 Å². The van der Waals surface area contributed by atoms with Gasteiger partial charge in [-0.2, -0.15) is 4.31 Å². The van der Waals surface area contributed by atoms with Crippen LogP contribution < -0.4 is 4.74 Å². The zero-order valence-electron chi connectivity index (χ0n) is 23.3. The van der Waals surface area contributed by atoms with Gasteiger partial charge in [-0.1, -0.05) is 44.2 Å². The molecule has 40 heavy (non-hydrogen) atoms. The largest absolute Gasteiger partial charge is 0.497 e. The molecule has 2 aromatic rings. The Hall–Kier alpha value is -2.70. The number of carboxylic acid groups (broad SMARTS) is 1. The van der Waals surface area contributed by atoms with Crippen molar-refractivity contribution < 1.29 is 37.6 Å². The Morgan fingerprint density at radius 1 is 1.07 bits per heavy atom. The Bertz CT molecular complexity index is 1210. The molecule has 0 aromatic heterocycles. The second-order valence-corrected chi connectivity index (χ2v) is 12.9. The van der Waals surface area contributed by atoms with E-state index < -0.39 is 34.3 Å². The SMILES string of the molecule is COc1ccc(S(=O)(=O)N(CC(C)C)C[C@@H](O)[C@H](Cc2ccccc2)N(C(=O)O)[C@H]2CO[C@H]3OCC[C@@H]3C2)cc1. The third-order valence-electron chi connectivity index (χ3n) is 7.54. The first-order valence-corrected chi connectivity index (χ1v) is 15.1. The van der Waals surface area contributed by atoms with E-state index in [1.54, 1.807) is 12.1 Å². The Morgan fingerprint density at radius 2 is 1.77 bits per heavy atom. The number of nitrogens with zero attached hydrogens (tertiary/aromatic N) is 2. The van der Waals surface area contributed by atoms with E-state index in [0.29, 0.717) is 18.8 Å². The molecule has 2 saturated heterocycles. The van der Waals surface area contributed by atoms with Crippen molar-refractivity contribution in [3.8, 4) is 5.75 Å². The van der Waals surface area contributed by atoms with Crippen LogP contribution in [0.5, 0.6) is 5.75 Å². The number of benzene rings is 2. The van der Waals surface area contributed by atoms with Gasteiger partial charge in [0.1, 0.15) is 5.75 Å². The van der Waals surface area contributed by atoms with Crippen LogP contribution in [0.25, 0.3) is 0 Å². The van der Waals surface area contributed by atoms with E-state index in [0.717, 1.165) is 12.0 Å². The maximum Gasteiger partial charge on any atom is 0.407 e. The Labute approximate surface area is 236 Å². The summed E-state index contributed by atoms with van der Waals surface area (Å²) in [5, 5.41) is 22.1. The van der Waals surface area contributed by atoms with Crippen LogP contribution in [-0.4, -0.2) is 91.8 Å². The summed E-state index contributed by atoms with van der Waals surface area (Å²) >= 11 is 0. The van der Waals surface area contributed by atoms with Crippen molar-refractivity contribution in [3.63, 3.8) is 0 Å². The van der Waals surface area contributed by atoms with Crippen LogP contribution in [0.1, 0.15) is 32.3 Å². The smallest absolute Gasteiger partial charge is 0.407 e. The fraction of sp³-hybridized carbons (Fsp3) is 0.552. The maximum atomic E-state index is 13.7. The zero-order chi connectivity index (χ0) is 28.9. The summed E-state index contributed by atoms with van der Waals surface area (Å²) in [4.78, 5) is 14.1. The molecular formula is C29H40N2O8S. The molecule has 2 heterocycles. The Morgan fingerprint density at radius 3 is 2.40 bits per heavy atom. The number of ether oxygens (including phenoxy) is 3. The summed E-state index contributed by atoms with van der Waals surface area (Å²) in [7, 11) is -2.49. The standard InChI is InChI=1S/C29H40N2O8S/c1-20(2)17-30(40(35,36)25-11-9-24(37-3)10-12-25)18-27(32)26(15-21-7-5-4-6-8-21)31(29(33)34)23-16-22-13-14-38-28(22)39-19-23/h4-12,20,22-23,26-28,32H,13-19H2,1-3H3,(H,33,34)/t22-,23-,26+,27-,28-/m1/s1. The molecule has 2 aliphatic heterocycles. The fourth-order valence-electron chi connectivity index (χ4n) is 5.59. The molecule has 2 aromatic carbocycles. The van der Waals surface area contributed by atoms with Crippen LogP contribution in [0.3, 0.4) is 0 Å². The molecule has 0 aliphatic carbocycles. The summed E-state index contributed by atoms with van der Waals surface area (Å²) in [5.41, 5.74) is 0.838. The highest BCUT2D eigenvalue weighted by atomic mass is 32.2. The number of fused-ring (bicyclic) bond motifs is 1. The topological polar surface area (TPSA) is 126 Å². The first-order valence-electron chi connectivity index (χ1n) is 13.7. The molecule has 0 radical (unpaired) electrons. The summed E-state index contributed by atoms with van der Waals surface area (Å²) in [6.45, 7) is 4.39. The molecule has 0 saturated carbocycles. The number of amides is 1. The minimum Gasteiger partial charge on any atom is -0.497 e. The highest BCUT2D eigenvalue weighted by Crippen LogP contribution is 2.34. The first-order chi connectivity index (χ1) is 19.1. The molecule has 2 aliphatic rings. The number of aliphatic hydroxyl groups excluding tert-OH is 1. The van der Waals surface area contributed by atoms with Gasteiger partial charge in [0, 0.05) is 19.0 Å². The molecule has 220 valence electrons. The normalized spacial score (nSPS) is 22.6. The highest BCUT2D eigenvalue weighted by molar-refractivity contribution is 7.89. The van der Waals surface area contributed by atoms with Gasteiger partial charge in [0.25, 0.3) is 0 Å². The lowest BCUT2D eigenvalue weighted by Crippen LogP contribution is -2.58. The number of carbonyl (C=O) groups is 1. The summed E-state index contributed by atoms with van der Waals surface area (Å²) in [6.07, 6.45) is -1.27. The van der Waals surface area contributed by atoms with Crippen LogP contribution in [0.2, 0.25) is 0 Å². The van der Waals surface area contributed by atoms with Crippen molar-refractivity contribution in [2.75, 3.05) is 33.4 Å². The van der Waals surface area contributed by atoms with Gasteiger partial charge in [-0.05, 0) is 55.0 Å². The molecule has 2 N–H and O–H groups in total. The van der Waals surface area contributed by atoms with Crippen LogP contribution in [0.15, 0.2) is 59.5 Å². The lowest BCUT2D eigenvalue weighted by atomic mass is 9.91. The van der Waals surface area contributed by atoms with Gasteiger partial charge in [-0.15, -0.1) is 0 Å². The van der Waals surface area contributed by atoms with Gasteiger partial charge in [0.15, 0.2) is 6.29 Å². The fourth-order valence-corrected chi connectivity index (χ4v) is 7.21. The average molecular weight is 577 g/mol. The predicted octanol–water partition coefficient (Wildman–Crippen LogP) is 3.45. The van der Waals surface area contributed by atoms with E-state index in [2.05, 4.69) is 0 Å². The number of aliphatic hydroxyl groups is 1. The van der Waals surface area contributed by atoms with Gasteiger partial charge in [-0.3, -0.25) is 4.90 Å². The van der Waals surface area contributed by atoms with Crippen LogP contribution in [0.4, 0.5) is 4.79 Å². The minimum absolute atomic E-state index is 0.0329. The van der Waals surface area contributed by atoms with Gasteiger partial charge >= 0.3 is 6.09 Å². The summed E-state index contributed by atoms with van der Waals surface area (Å²) < 4.78 is 45.3. The van der Waals surface area contributed by atoms with Gasteiger partial charge < -0.3 is 24.4 Å². The zero-order valence-corrected chi connectivity index (χ0v) is 24.1. The van der Waals surface area contributed by atoms with Crippen molar-refractivity contribution in [3.05, 3.63) is 60.2 Å². The molecule has 2 fully saturated rings. The molecule has 11 heteroatoms. The number of rotatable bonds is 12. The molecule has 1 amide bonds. The number of hydrogen-bond donors (Lipinski definition) is 2. The lowest BCUT2D eigenvalue weighted by Gasteiger charge is -2.43. The van der Waals surface area contributed by atoms with Gasteiger partial charge in [0.2, 0.25) is 10.0 Å². The Kier molecular flexibility index (Phi) is 10.1. The summed E-state index contributed by atoms with van der Waals surface area (Å²) in [6, 6.07) is 14.0. The van der Waals surface area contributed by atoms with E-state index in [9.17, 15) is 23.4 Å². The average Bonchev–Trinajstić information content (AvgIpc) is 3.40. The molecule has 5 atom stereocenters. The maximum absolute atomic E-state index is 13.7.